The summed E-state index contributed by atoms with van der Waals surface area (Å²) in [5.74, 6) is 0. The van der Waals surface area contributed by atoms with Gasteiger partial charge in [-0.25, -0.2) is 4.85 Å². The smallest absolute Gasteiger partial charge is 0.252 e. The molecule has 0 unspecified atom stereocenters. The monoisotopic (exact) mass is 1560 g/mol. The highest BCUT2D eigenvalue weighted by molar-refractivity contribution is 7.00. The molecule has 0 amide bonds. The molecular weight excluding hydrogens is 1460 g/mol. The Morgan fingerprint density at radius 3 is 0.884 bits per heavy atom. The van der Waals surface area contributed by atoms with E-state index in [9.17, 15) is 5.26 Å². The molecule has 2 aliphatic heterocycles. The van der Waals surface area contributed by atoms with Crippen LogP contribution in [0.5, 0.6) is 0 Å². The van der Waals surface area contributed by atoms with E-state index in [0.29, 0.717) is 11.3 Å². The van der Waals surface area contributed by atoms with Crippen molar-refractivity contribution in [1.29, 1.82) is 5.26 Å². The van der Waals surface area contributed by atoms with Crippen molar-refractivity contribution in [3.63, 3.8) is 0 Å². The van der Waals surface area contributed by atoms with E-state index in [1.54, 1.807) is 0 Å². The third-order valence-corrected chi connectivity index (χ3v) is 25.4. The van der Waals surface area contributed by atoms with Crippen molar-refractivity contribution in [3.8, 4) is 95.3 Å². The lowest BCUT2D eigenvalue weighted by molar-refractivity contribution is 0.590. The molecule has 0 atom stereocenters. The Morgan fingerprint density at radius 2 is 0.570 bits per heavy atom. The topological polar surface area (TPSA) is 44.5 Å². The first-order valence-corrected chi connectivity index (χ1v) is 42.3. The molecule has 0 fully saturated rings. The summed E-state index contributed by atoms with van der Waals surface area (Å²) in [6.45, 7) is 35.4. The predicted octanol–water partition coefficient (Wildman–Crippen LogP) is 29.2. The van der Waals surface area contributed by atoms with Crippen LogP contribution in [0.3, 0.4) is 0 Å². The molecule has 0 saturated heterocycles. The highest BCUT2D eigenvalue weighted by atomic mass is 15.2. The molecule has 6 nitrogen and oxygen atoms in total. The molecule has 2 aliphatic rings. The number of anilines is 6. The van der Waals surface area contributed by atoms with E-state index in [-0.39, 0.29) is 28.4 Å². The second-order valence-electron chi connectivity index (χ2n) is 37.1. The largest absolute Gasteiger partial charge is 0.310 e. The highest BCUT2D eigenvalue weighted by Gasteiger charge is 2.46. The molecule has 582 valence electrons. The first-order chi connectivity index (χ1) is 58.4. The lowest BCUT2D eigenvalue weighted by Gasteiger charge is -2.46. The van der Waals surface area contributed by atoms with Gasteiger partial charge in [-0.05, 0) is 213 Å². The Kier molecular flexibility index (Phi) is 18.0. The maximum Gasteiger partial charge on any atom is 0.252 e. The zero-order chi connectivity index (χ0) is 83.1. The number of para-hydroxylation sites is 4. The summed E-state index contributed by atoms with van der Waals surface area (Å²) >= 11 is 0. The van der Waals surface area contributed by atoms with Gasteiger partial charge in [-0.2, -0.15) is 5.26 Å². The lowest BCUT2D eigenvalue weighted by atomic mass is 9.33. The molecule has 18 aromatic rings. The number of fused-ring (bicyclic) bond motifs is 10. The van der Waals surface area contributed by atoms with E-state index >= 15 is 0 Å². The van der Waals surface area contributed by atoms with Gasteiger partial charge in [0, 0.05) is 77.9 Å². The number of nitrogens with zero attached hydrogens (tertiary/aromatic N) is 6. The van der Waals surface area contributed by atoms with Gasteiger partial charge in [0.2, 0.25) is 0 Å². The van der Waals surface area contributed by atoms with Crippen LogP contribution in [0.25, 0.3) is 138 Å². The van der Waals surface area contributed by atoms with Crippen LogP contribution in [0.15, 0.2) is 346 Å². The fourth-order valence-corrected chi connectivity index (χ4v) is 19.0. The van der Waals surface area contributed by atoms with Crippen LogP contribution in [-0.4, -0.2) is 15.8 Å². The summed E-state index contributed by atoms with van der Waals surface area (Å²) in [5, 5.41) is 15.1. The standard InChI is InChI=1S/C114H93BN6/c1-111(2,3)83-49-39-76(40-50-83)94-63-80(74-37-35-72(71-116)36-38-74)64-95(77-41-51-84(52-42-77)112(4,5)6)109(94)120-104-69-88(118-100-31-21-17-27-90(100)91-28-18-22-32-101(91)118)59-61-98(104)115-99-62-60-89(119-102-33-23-19-29-92(102)93-30-20-24-34-103(93)119)70-105(99)121(107-68-82(67-106(120)108(107)115)73-25-15-14-16-26-73)110-96(78-43-53-85(54-44-78)113(7,8)9)65-81(75-47-57-87(117-13)58-48-75)66-97(110)79-45-55-86(56-46-79)114(10,11)12/h14-70H,1-12H3. The third kappa shape index (κ3) is 13.0. The minimum absolute atomic E-state index is 0.128. The second-order valence-corrected chi connectivity index (χ2v) is 37.1. The molecule has 2 aromatic heterocycles. The molecule has 0 radical (unpaired) electrons. The number of hydrogen-bond donors (Lipinski definition) is 0. The summed E-state index contributed by atoms with van der Waals surface area (Å²) in [7, 11) is 0. The normalized spacial score (nSPS) is 12.7. The molecule has 0 saturated carbocycles. The SMILES string of the molecule is [C-]#[N+]c1ccc(-c2cc(-c3ccc(C(C)(C)C)cc3)c(N3c4cc(-n5c6ccccc6c6ccccc65)ccc4B4c5ccc(-n6c7ccccc7c7ccccc76)cc5N(c5c(-c6ccc(C(C)(C)C)cc6)cc(-c6ccc(C#N)cc6)cc5-c5ccc(C(C)(C)C)cc5)c5cc(-c6ccccc6)cc3c54)c(-c3ccc(C(C)(C)C)cc3)c2)cc1. The van der Waals surface area contributed by atoms with E-state index in [2.05, 4.69) is 434 Å². The van der Waals surface area contributed by atoms with Crippen molar-refractivity contribution >= 4 is 107 Å². The molecule has 121 heavy (non-hydrogen) atoms. The number of benzene rings is 16. The van der Waals surface area contributed by atoms with Crippen LogP contribution in [0.1, 0.15) is 111 Å². The Morgan fingerprint density at radius 1 is 0.281 bits per heavy atom. The minimum Gasteiger partial charge on any atom is -0.310 e. The number of aromatic nitrogens is 2. The van der Waals surface area contributed by atoms with Crippen LogP contribution < -0.4 is 26.2 Å². The summed E-state index contributed by atoms with van der Waals surface area (Å²) in [6, 6.07) is 132. The van der Waals surface area contributed by atoms with Crippen molar-refractivity contribution in [2.24, 2.45) is 0 Å². The maximum atomic E-state index is 10.4. The van der Waals surface area contributed by atoms with Crippen molar-refractivity contribution in [1.82, 2.24) is 9.13 Å². The van der Waals surface area contributed by atoms with Gasteiger partial charge >= 0.3 is 0 Å². The van der Waals surface area contributed by atoms with Crippen molar-refractivity contribution in [2.75, 3.05) is 9.80 Å². The summed E-state index contributed by atoms with van der Waals surface area (Å²) in [5.41, 5.74) is 36.7. The summed E-state index contributed by atoms with van der Waals surface area (Å²) in [6.07, 6.45) is 0. The maximum absolute atomic E-state index is 10.4. The molecule has 7 heteroatoms. The molecule has 20 rings (SSSR count). The summed E-state index contributed by atoms with van der Waals surface area (Å²) in [4.78, 5) is 9.30. The minimum atomic E-state index is -0.363. The Balaban J connectivity index is 0.988. The summed E-state index contributed by atoms with van der Waals surface area (Å²) < 4.78 is 4.97. The van der Waals surface area contributed by atoms with Gasteiger partial charge in [0.15, 0.2) is 5.69 Å². The van der Waals surface area contributed by atoms with Crippen LogP contribution in [0.4, 0.5) is 39.8 Å². The second kappa shape index (κ2) is 28.8. The predicted molar refractivity (Wildman–Crippen MR) is 513 cm³/mol. The van der Waals surface area contributed by atoms with Crippen molar-refractivity contribution < 1.29 is 0 Å². The van der Waals surface area contributed by atoms with E-state index in [0.717, 1.165) is 162 Å². The number of rotatable bonds is 11. The van der Waals surface area contributed by atoms with Crippen LogP contribution in [0, 0.1) is 17.9 Å². The van der Waals surface area contributed by atoms with Gasteiger partial charge in [-0.3, -0.25) is 0 Å². The van der Waals surface area contributed by atoms with E-state index in [1.807, 2.05) is 24.3 Å². The Bertz CT molecular complexity index is 6590. The zero-order valence-electron chi connectivity index (χ0n) is 70.7. The fraction of sp³-hybridized carbons (Fsp3) is 0.140. The Labute approximate surface area is 711 Å². The van der Waals surface area contributed by atoms with E-state index in [4.69, 9.17) is 6.57 Å². The first kappa shape index (κ1) is 75.5. The van der Waals surface area contributed by atoms with Gasteiger partial charge in [0.25, 0.3) is 6.71 Å². The quantitative estimate of drug-likeness (QED) is 0.0958. The third-order valence-electron chi connectivity index (χ3n) is 25.4. The zero-order valence-corrected chi connectivity index (χ0v) is 70.7. The van der Waals surface area contributed by atoms with Gasteiger partial charge in [-0.15, -0.1) is 0 Å². The van der Waals surface area contributed by atoms with Gasteiger partial charge in [0.1, 0.15) is 0 Å². The molecule has 16 aromatic carbocycles. The van der Waals surface area contributed by atoms with Gasteiger partial charge in [0.05, 0.1) is 51.6 Å². The average Bonchev–Trinajstić information content (AvgIpc) is 1.11. The van der Waals surface area contributed by atoms with Crippen molar-refractivity contribution in [2.45, 2.75) is 105 Å². The first-order valence-electron chi connectivity index (χ1n) is 42.3. The lowest BCUT2D eigenvalue weighted by Crippen LogP contribution is -2.61. The molecular formula is C114H93BN6. The number of nitriles is 1. The molecule has 0 bridgehead atoms. The van der Waals surface area contributed by atoms with Gasteiger partial charge < -0.3 is 18.9 Å². The van der Waals surface area contributed by atoms with Crippen LogP contribution >= 0.6 is 0 Å². The highest BCUT2D eigenvalue weighted by Crippen LogP contribution is 2.57. The van der Waals surface area contributed by atoms with Crippen LogP contribution in [0.2, 0.25) is 0 Å². The Hall–Kier alpha value is -14.2. The van der Waals surface area contributed by atoms with Crippen molar-refractivity contribution in [3.05, 3.63) is 385 Å². The molecule has 0 N–H and O–H groups in total. The number of hydrogen-bond acceptors (Lipinski definition) is 3. The fourth-order valence-electron chi connectivity index (χ4n) is 19.0. The average molecular weight is 1560 g/mol. The van der Waals surface area contributed by atoms with E-state index < -0.39 is 0 Å². The van der Waals surface area contributed by atoms with Gasteiger partial charge in [-0.1, -0.05) is 332 Å². The van der Waals surface area contributed by atoms with E-state index in [1.165, 1.54) is 43.8 Å². The van der Waals surface area contributed by atoms with Crippen LogP contribution in [-0.2, 0) is 21.7 Å². The molecule has 0 aliphatic carbocycles. The molecule has 4 heterocycles. The molecule has 0 spiro atoms.